The van der Waals surface area contributed by atoms with Crippen molar-refractivity contribution in [3.05, 3.63) is 89.5 Å². The van der Waals surface area contributed by atoms with Crippen molar-refractivity contribution in [3.8, 4) is 0 Å². The summed E-state index contributed by atoms with van der Waals surface area (Å²) in [5.41, 5.74) is 2.32. The molecule has 4 rings (SSSR count). The number of hydrogen-bond donors (Lipinski definition) is 5. The summed E-state index contributed by atoms with van der Waals surface area (Å²) >= 11 is 0. The Morgan fingerprint density at radius 1 is 1.06 bits per heavy atom. The van der Waals surface area contributed by atoms with Gasteiger partial charge in [0.1, 0.15) is 12.2 Å². The van der Waals surface area contributed by atoms with Gasteiger partial charge in [0.15, 0.2) is 16.1 Å². The Kier molecular flexibility index (Phi) is 13.2. The van der Waals surface area contributed by atoms with Crippen LogP contribution in [0.5, 0.6) is 0 Å². The van der Waals surface area contributed by atoms with Gasteiger partial charge in [0.05, 0.1) is 30.0 Å². The summed E-state index contributed by atoms with van der Waals surface area (Å²) in [5.74, 6) is -0.859. The number of aliphatic hydroxyl groups is 3. The van der Waals surface area contributed by atoms with Gasteiger partial charge in [-0.15, -0.1) is 0 Å². The van der Waals surface area contributed by atoms with E-state index in [2.05, 4.69) is 10.6 Å². The van der Waals surface area contributed by atoms with Gasteiger partial charge in [-0.3, -0.25) is 0 Å². The number of carbonyl (C=O) groups is 1. The molecule has 1 aliphatic heterocycles. The predicted molar refractivity (Wildman–Crippen MR) is 190 cm³/mol. The number of hydrogen-bond acceptors (Lipinski definition) is 9. The zero-order valence-electron chi connectivity index (χ0n) is 29.0. The minimum atomic E-state index is -3.75. The lowest BCUT2D eigenvalue weighted by atomic mass is 9.69. The quantitative estimate of drug-likeness (QED) is 0.143. The zero-order valence-corrected chi connectivity index (χ0v) is 29.8. The maximum atomic E-state index is 14.0. The number of sulfone groups is 1. The molecule has 0 fully saturated rings. The molecule has 0 bridgehead atoms. The molecule has 6 atom stereocenters. The van der Waals surface area contributed by atoms with Crippen LogP contribution in [0.15, 0.2) is 77.7 Å². The first kappa shape index (κ1) is 38.3. The fourth-order valence-corrected chi connectivity index (χ4v) is 8.88. The molecule has 0 spiro atoms. The van der Waals surface area contributed by atoms with Gasteiger partial charge in [-0.1, -0.05) is 69.2 Å². The van der Waals surface area contributed by atoms with Crippen molar-refractivity contribution >= 4 is 27.2 Å². The Morgan fingerprint density at radius 2 is 1.80 bits per heavy atom. The van der Waals surface area contributed by atoms with Crippen molar-refractivity contribution in [2.45, 2.75) is 81.5 Å². The summed E-state index contributed by atoms with van der Waals surface area (Å²) in [6.45, 7) is 3.62. The molecule has 1 aliphatic rings. The summed E-state index contributed by atoms with van der Waals surface area (Å²) in [4.78, 5) is 15.3. The van der Waals surface area contributed by atoms with Crippen molar-refractivity contribution < 1.29 is 38.0 Å². The number of fused-ring (bicyclic) bond motifs is 1. The van der Waals surface area contributed by atoms with Crippen LogP contribution < -0.4 is 15.5 Å². The monoisotopic (exact) mass is 697 g/mol. The molecule has 0 radical (unpaired) electrons. The van der Waals surface area contributed by atoms with Gasteiger partial charge in [0.25, 0.3) is 0 Å². The fraction of sp³-hybridized carbons (Fsp3) is 0.486. The van der Waals surface area contributed by atoms with Crippen LogP contribution >= 0.6 is 0 Å². The standard InChI is InChI=1S/C37H51N3O8S/c1-6-8-19-37(7-2)24-49(45,46)31-18-17-28(40(3)4)21-29(31)32(34(37)43)26-15-12-16-27(20-26)38-36(44)39-35(47-5)33(42)30(22-41)48-23-25-13-10-9-11-14-25/h9-18,20-21,30,32-35,41-43H,6-8,19,22-24H2,1-5H3,(H2,38,39,44)/t30-,32+,33+,34+,35+,37+/m0/s1. The van der Waals surface area contributed by atoms with Gasteiger partial charge < -0.3 is 40.3 Å². The predicted octanol–water partition coefficient (Wildman–Crippen LogP) is 4.65. The first-order valence-electron chi connectivity index (χ1n) is 16.8. The Hall–Kier alpha value is -3.52. The number of rotatable bonds is 15. The van der Waals surface area contributed by atoms with Crippen molar-refractivity contribution in [2.75, 3.05) is 43.8 Å². The smallest absolute Gasteiger partial charge is 0.321 e. The van der Waals surface area contributed by atoms with Crippen molar-refractivity contribution in [3.63, 3.8) is 0 Å². The average Bonchev–Trinajstić information content (AvgIpc) is 3.16. The summed E-state index contributed by atoms with van der Waals surface area (Å²) in [7, 11) is 1.32. The van der Waals surface area contributed by atoms with Gasteiger partial charge >= 0.3 is 6.03 Å². The second kappa shape index (κ2) is 16.9. The highest BCUT2D eigenvalue weighted by atomic mass is 32.2. The van der Waals surface area contributed by atoms with Crippen molar-refractivity contribution in [1.29, 1.82) is 0 Å². The Bertz CT molecular complexity index is 1640. The maximum Gasteiger partial charge on any atom is 0.321 e. The van der Waals surface area contributed by atoms with Crippen LogP contribution in [0.4, 0.5) is 16.2 Å². The average molecular weight is 698 g/mol. The lowest BCUT2D eigenvalue weighted by Gasteiger charge is -2.39. The molecule has 12 heteroatoms. The third kappa shape index (κ3) is 8.99. The molecule has 49 heavy (non-hydrogen) atoms. The number of benzene rings is 3. The normalized spacial score (nSPS) is 21.9. The fourth-order valence-electron chi connectivity index (χ4n) is 6.63. The number of methoxy groups -OCH3 is 1. The second-order valence-corrected chi connectivity index (χ2v) is 15.0. The molecule has 0 aliphatic carbocycles. The highest BCUT2D eigenvalue weighted by Crippen LogP contribution is 2.49. The number of ether oxygens (including phenoxy) is 2. The zero-order chi connectivity index (χ0) is 35.8. The van der Waals surface area contributed by atoms with Gasteiger partial charge in [-0.05, 0) is 59.9 Å². The largest absolute Gasteiger partial charge is 0.394 e. The number of carbonyl (C=O) groups excluding carboxylic acids is 1. The number of aliphatic hydroxyl groups excluding tert-OH is 3. The number of urea groups is 1. The summed E-state index contributed by atoms with van der Waals surface area (Å²) in [5, 5.41) is 38.5. The third-order valence-corrected chi connectivity index (χ3v) is 11.5. The number of nitrogens with one attached hydrogen (secondary N) is 2. The minimum absolute atomic E-state index is 0.143. The molecule has 3 aromatic carbocycles. The van der Waals surface area contributed by atoms with E-state index in [4.69, 9.17) is 9.47 Å². The molecule has 2 amide bonds. The van der Waals surface area contributed by atoms with E-state index in [0.29, 0.717) is 29.7 Å². The van der Waals surface area contributed by atoms with Crippen LogP contribution in [-0.2, 0) is 25.9 Å². The number of unbranched alkanes of at least 4 members (excludes halogenated alkanes) is 1. The maximum absolute atomic E-state index is 14.0. The van der Waals surface area contributed by atoms with Crippen LogP contribution in [0.25, 0.3) is 0 Å². The molecule has 0 aromatic heterocycles. The summed E-state index contributed by atoms with van der Waals surface area (Å²) < 4.78 is 39.0. The summed E-state index contributed by atoms with van der Waals surface area (Å²) in [6.07, 6.45) is -2.02. The van der Waals surface area contributed by atoms with Crippen LogP contribution in [0.3, 0.4) is 0 Å². The van der Waals surface area contributed by atoms with E-state index in [-0.39, 0.29) is 17.3 Å². The Morgan fingerprint density at radius 3 is 2.43 bits per heavy atom. The van der Waals surface area contributed by atoms with Crippen molar-refractivity contribution in [2.24, 2.45) is 5.41 Å². The van der Waals surface area contributed by atoms with Crippen LogP contribution in [0.1, 0.15) is 62.1 Å². The highest BCUT2D eigenvalue weighted by Gasteiger charge is 2.49. The topological polar surface area (TPSA) is 158 Å². The third-order valence-electron chi connectivity index (χ3n) is 9.54. The summed E-state index contributed by atoms with van der Waals surface area (Å²) in [6, 6.07) is 20.8. The molecule has 268 valence electrons. The molecular weight excluding hydrogens is 646 g/mol. The lowest BCUT2D eigenvalue weighted by molar-refractivity contribution is -0.125. The van der Waals surface area contributed by atoms with Gasteiger partial charge in [-0.25, -0.2) is 13.2 Å². The van der Waals surface area contributed by atoms with Crippen molar-refractivity contribution in [1.82, 2.24) is 5.32 Å². The van der Waals surface area contributed by atoms with E-state index in [1.54, 1.807) is 30.3 Å². The van der Waals surface area contributed by atoms with Gasteiger partial charge in [-0.2, -0.15) is 0 Å². The number of amides is 2. The van der Waals surface area contributed by atoms with Crippen LogP contribution in [0.2, 0.25) is 0 Å². The Balaban J connectivity index is 1.62. The van der Waals surface area contributed by atoms with Crippen LogP contribution in [-0.4, -0.2) is 87.9 Å². The van der Waals surface area contributed by atoms with E-state index >= 15 is 0 Å². The molecule has 5 N–H and O–H groups in total. The van der Waals surface area contributed by atoms with E-state index < -0.39 is 58.3 Å². The lowest BCUT2D eigenvalue weighted by Crippen LogP contribution is -2.52. The van der Waals surface area contributed by atoms with E-state index in [1.165, 1.54) is 7.11 Å². The second-order valence-electron chi connectivity index (χ2n) is 13.0. The molecule has 0 saturated carbocycles. The van der Waals surface area contributed by atoms with Gasteiger partial charge in [0, 0.05) is 43.9 Å². The number of nitrogens with zero attached hydrogens (tertiary/aromatic N) is 1. The molecule has 11 nitrogen and oxygen atoms in total. The van der Waals surface area contributed by atoms with E-state index in [1.807, 2.05) is 75.3 Å². The molecular formula is C37H51N3O8S. The van der Waals surface area contributed by atoms with E-state index in [9.17, 15) is 28.5 Å². The Labute approximate surface area is 290 Å². The molecule has 3 aromatic rings. The minimum Gasteiger partial charge on any atom is -0.394 e. The first-order valence-corrected chi connectivity index (χ1v) is 18.4. The van der Waals surface area contributed by atoms with Crippen LogP contribution in [0, 0.1) is 5.41 Å². The SMILES string of the molecule is CCCC[C@]1(CC)CS(=O)(=O)c2ccc(N(C)C)cc2[C@@H](c2cccc(NC(=O)N[C@H](OC)[C@H](O)[C@H](CO)OCc3ccccc3)c2)[C@H]1O. The molecule has 0 saturated heterocycles. The molecule has 1 heterocycles. The molecule has 0 unspecified atom stereocenters. The number of anilines is 2. The van der Waals surface area contributed by atoms with Gasteiger partial charge in [0.2, 0.25) is 0 Å². The highest BCUT2D eigenvalue weighted by molar-refractivity contribution is 7.91. The first-order chi connectivity index (χ1) is 23.4. The van der Waals surface area contributed by atoms with E-state index in [0.717, 1.165) is 24.1 Å².